The molecule has 1 heterocycles. The highest BCUT2D eigenvalue weighted by atomic mass is 127. The summed E-state index contributed by atoms with van der Waals surface area (Å²) in [7, 11) is 0. The molecule has 1 aromatic carbocycles. The van der Waals surface area contributed by atoms with Gasteiger partial charge < -0.3 is 0 Å². The minimum Gasteiger partial charge on any atom is -0.258 e. The highest BCUT2D eigenvalue weighted by Gasteiger charge is 2.19. The summed E-state index contributed by atoms with van der Waals surface area (Å²) in [5, 5.41) is 11.4. The maximum absolute atomic E-state index is 11.1. The summed E-state index contributed by atoms with van der Waals surface area (Å²) in [6.07, 6.45) is 1.67. The molecular formula is C13H11ClIN3O2. The molecule has 1 aromatic heterocycles. The van der Waals surface area contributed by atoms with E-state index in [9.17, 15) is 10.1 Å². The molecule has 0 fully saturated rings. The Hall–Kier alpha value is -1.28. The van der Waals surface area contributed by atoms with Crippen molar-refractivity contribution in [1.29, 1.82) is 0 Å². The van der Waals surface area contributed by atoms with Gasteiger partial charge in [-0.3, -0.25) is 10.1 Å². The number of rotatable bonds is 4. The lowest BCUT2D eigenvalue weighted by Crippen LogP contribution is -2.02. The van der Waals surface area contributed by atoms with Gasteiger partial charge in [-0.05, 0) is 35.1 Å². The Morgan fingerprint density at radius 1 is 1.35 bits per heavy atom. The van der Waals surface area contributed by atoms with Crippen molar-refractivity contribution in [3.8, 4) is 11.4 Å². The van der Waals surface area contributed by atoms with Gasteiger partial charge in [0.2, 0.25) is 0 Å². The first-order valence-corrected chi connectivity index (χ1v) is 7.46. The molecule has 0 bridgehead atoms. The Morgan fingerprint density at radius 2 is 2.05 bits per heavy atom. The average Bonchev–Trinajstić information content (AvgIpc) is 2.43. The first-order chi connectivity index (χ1) is 9.54. The van der Waals surface area contributed by atoms with Crippen LogP contribution in [0.2, 0.25) is 5.15 Å². The van der Waals surface area contributed by atoms with E-state index in [1.807, 2.05) is 6.92 Å². The van der Waals surface area contributed by atoms with Crippen LogP contribution in [0.4, 0.5) is 5.69 Å². The molecule has 0 aliphatic heterocycles. The highest BCUT2D eigenvalue weighted by molar-refractivity contribution is 14.1. The molecule has 20 heavy (non-hydrogen) atoms. The first-order valence-electron chi connectivity index (χ1n) is 6.00. The zero-order chi connectivity index (χ0) is 14.7. The first kappa shape index (κ1) is 15.1. The van der Waals surface area contributed by atoms with Crippen LogP contribution in [0.5, 0.6) is 0 Å². The fourth-order valence-corrected chi connectivity index (χ4v) is 2.51. The van der Waals surface area contributed by atoms with E-state index in [0.29, 0.717) is 16.5 Å². The van der Waals surface area contributed by atoms with E-state index in [1.165, 1.54) is 6.07 Å². The molecular weight excluding hydrogens is 393 g/mol. The third-order valence-corrected chi connectivity index (χ3v) is 4.43. The van der Waals surface area contributed by atoms with Gasteiger partial charge in [0.05, 0.1) is 19.8 Å². The van der Waals surface area contributed by atoms with Crippen LogP contribution in [0.1, 0.15) is 19.0 Å². The predicted octanol–water partition coefficient (Wildman–Crippen LogP) is 4.26. The van der Waals surface area contributed by atoms with Crippen LogP contribution < -0.4 is 0 Å². The Labute approximate surface area is 134 Å². The van der Waals surface area contributed by atoms with Crippen molar-refractivity contribution in [1.82, 2.24) is 9.97 Å². The molecule has 2 rings (SSSR count). The minimum atomic E-state index is -0.440. The van der Waals surface area contributed by atoms with Crippen molar-refractivity contribution in [2.75, 3.05) is 0 Å². The van der Waals surface area contributed by atoms with Crippen molar-refractivity contribution in [3.05, 3.63) is 48.8 Å². The summed E-state index contributed by atoms with van der Waals surface area (Å²) in [6.45, 7) is 2.04. The monoisotopic (exact) mass is 403 g/mol. The second-order valence-electron chi connectivity index (χ2n) is 4.12. The number of nitro benzene ring substituents is 1. The highest BCUT2D eigenvalue weighted by Crippen LogP contribution is 2.30. The topological polar surface area (TPSA) is 68.9 Å². The Morgan fingerprint density at radius 3 is 2.70 bits per heavy atom. The Kier molecular flexibility index (Phi) is 4.87. The number of benzene rings is 1. The van der Waals surface area contributed by atoms with Crippen LogP contribution in [0.3, 0.4) is 0 Å². The molecule has 7 heteroatoms. The molecule has 104 valence electrons. The summed E-state index contributed by atoms with van der Waals surface area (Å²) < 4.78 is 0.799. The number of para-hydroxylation sites is 1. The molecule has 0 saturated heterocycles. The number of nitro groups is 1. The standard InChI is InChI=1S/C13H11ClIN3O2/c1-2-5-9-11(15)12(14)17-13(16-9)8-6-3-4-7-10(8)18(19)20/h3-4,6-7H,2,5H2,1H3. The molecule has 0 unspecified atom stereocenters. The SMILES string of the molecule is CCCc1nc(-c2ccccc2[N+](=O)[O-])nc(Cl)c1I. The Bertz CT molecular complexity index is 664. The molecule has 2 aromatic rings. The lowest BCUT2D eigenvalue weighted by atomic mass is 10.1. The number of halogens is 2. The van der Waals surface area contributed by atoms with Crippen LogP contribution in [0.25, 0.3) is 11.4 Å². The van der Waals surface area contributed by atoms with Crippen molar-refractivity contribution in [3.63, 3.8) is 0 Å². The fourth-order valence-electron chi connectivity index (χ4n) is 1.81. The number of nitrogens with zero attached hydrogens (tertiary/aromatic N) is 3. The zero-order valence-electron chi connectivity index (χ0n) is 10.6. The second kappa shape index (κ2) is 6.45. The van der Waals surface area contributed by atoms with Gasteiger partial charge in [0.1, 0.15) is 5.15 Å². The van der Waals surface area contributed by atoms with Gasteiger partial charge in [-0.2, -0.15) is 0 Å². The van der Waals surface area contributed by atoms with Crippen LogP contribution >= 0.6 is 34.2 Å². The van der Waals surface area contributed by atoms with Crippen molar-refractivity contribution < 1.29 is 4.92 Å². The number of hydrogen-bond acceptors (Lipinski definition) is 4. The largest absolute Gasteiger partial charge is 0.280 e. The molecule has 0 spiro atoms. The van der Waals surface area contributed by atoms with Crippen LogP contribution in [0, 0.1) is 13.7 Å². The maximum atomic E-state index is 11.1. The number of hydrogen-bond donors (Lipinski definition) is 0. The summed E-state index contributed by atoms with van der Waals surface area (Å²) in [6, 6.07) is 6.40. The van der Waals surface area contributed by atoms with E-state index in [1.54, 1.807) is 18.2 Å². The third kappa shape index (κ3) is 3.06. The quantitative estimate of drug-likeness (QED) is 0.331. The Balaban J connectivity index is 2.61. The maximum Gasteiger partial charge on any atom is 0.280 e. The summed E-state index contributed by atoms with van der Waals surface area (Å²) in [5.74, 6) is 0.297. The summed E-state index contributed by atoms with van der Waals surface area (Å²) in [5.41, 5.74) is 1.18. The zero-order valence-corrected chi connectivity index (χ0v) is 13.6. The molecule has 0 saturated carbocycles. The van der Waals surface area contributed by atoms with Crippen molar-refractivity contribution in [2.24, 2.45) is 0 Å². The molecule has 0 aliphatic rings. The summed E-state index contributed by atoms with van der Waals surface area (Å²) >= 11 is 8.20. The van der Waals surface area contributed by atoms with E-state index in [4.69, 9.17) is 11.6 Å². The van der Waals surface area contributed by atoms with Crippen LogP contribution in [-0.2, 0) is 6.42 Å². The minimum absolute atomic E-state index is 0.0211. The molecule has 0 amide bonds. The lowest BCUT2D eigenvalue weighted by molar-refractivity contribution is -0.384. The molecule has 0 atom stereocenters. The van der Waals surface area contributed by atoms with Crippen LogP contribution in [0.15, 0.2) is 24.3 Å². The van der Waals surface area contributed by atoms with Crippen molar-refractivity contribution >= 4 is 39.9 Å². The normalized spacial score (nSPS) is 10.6. The van der Waals surface area contributed by atoms with Gasteiger partial charge in [0.15, 0.2) is 5.82 Å². The van der Waals surface area contributed by atoms with Crippen LogP contribution in [-0.4, -0.2) is 14.9 Å². The van der Waals surface area contributed by atoms with Gasteiger partial charge in [-0.15, -0.1) is 0 Å². The molecule has 5 nitrogen and oxygen atoms in total. The van der Waals surface area contributed by atoms with Gasteiger partial charge in [0, 0.05) is 6.07 Å². The van der Waals surface area contributed by atoms with E-state index < -0.39 is 4.92 Å². The predicted molar refractivity (Wildman–Crippen MR) is 85.8 cm³/mol. The lowest BCUT2D eigenvalue weighted by Gasteiger charge is -2.08. The number of aromatic nitrogens is 2. The van der Waals surface area contributed by atoms with Crippen molar-refractivity contribution in [2.45, 2.75) is 19.8 Å². The molecule has 0 aliphatic carbocycles. The van der Waals surface area contributed by atoms with Gasteiger partial charge in [-0.1, -0.05) is 37.1 Å². The van der Waals surface area contributed by atoms with Gasteiger partial charge in [-0.25, -0.2) is 9.97 Å². The van der Waals surface area contributed by atoms with E-state index in [-0.39, 0.29) is 5.69 Å². The fraction of sp³-hybridized carbons (Fsp3) is 0.231. The number of aryl methyl sites for hydroxylation is 1. The van der Waals surface area contributed by atoms with Gasteiger partial charge >= 0.3 is 0 Å². The average molecular weight is 404 g/mol. The van der Waals surface area contributed by atoms with E-state index in [0.717, 1.165) is 22.1 Å². The molecule has 0 radical (unpaired) electrons. The second-order valence-corrected chi connectivity index (χ2v) is 5.56. The summed E-state index contributed by atoms with van der Waals surface area (Å²) in [4.78, 5) is 19.2. The van der Waals surface area contributed by atoms with Gasteiger partial charge in [0.25, 0.3) is 5.69 Å². The van der Waals surface area contributed by atoms with E-state index in [2.05, 4.69) is 32.6 Å². The molecule has 0 N–H and O–H groups in total. The van der Waals surface area contributed by atoms with E-state index >= 15 is 0 Å². The smallest absolute Gasteiger partial charge is 0.258 e. The third-order valence-electron chi connectivity index (χ3n) is 2.71.